The highest BCUT2D eigenvalue weighted by Crippen LogP contribution is 2.32. The maximum absolute atomic E-state index is 13.4. The molecule has 164 valence electrons. The molecule has 1 atom stereocenters. The van der Waals surface area contributed by atoms with Crippen molar-refractivity contribution < 1.29 is 27.1 Å². The summed E-state index contributed by atoms with van der Waals surface area (Å²) in [5.74, 6) is -1.22. The molecule has 5 nitrogen and oxygen atoms in total. The van der Waals surface area contributed by atoms with Gasteiger partial charge in [-0.05, 0) is 37.1 Å². The fraction of sp³-hybridized carbons (Fsp3) is 0.333. The van der Waals surface area contributed by atoms with Crippen molar-refractivity contribution in [1.82, 2.24) is 10.3 Å². The Morgan fingerprint density at radius 2 is 2.06 bits per heavy atom. The van der Waals surface area contributed by atoms with Gasteiger partial charge in [-0.15, -0.1) is 13.2 Å². The number of carbonyl (C=O) groups is 1. The third kappa shape index (κ3) is 5.25. The molecular weight excluding hydrogens is 434 g/mol. The number of amides is 1. The monoisotopic (exact) mass is 453 g/mol. The largest absolute Gasteiger partial charge is 0.573 e. The second kappa shape index (κ2) is 8.70. The van der Waals surface area contributed by atoms with E-state index in [2.05, 4.69) is 15.0 Å². The zero-order valence-electron chi connectivity index (χ0n) is 16.3. The van der Waals surface area contributed by atoms with Gasteiger partial charge in [0.25, 0.3) is 0 Å². The van der Waals surface area contributed by atoms with E-state index >= 15 is 0 Å². The first-order valence-corrected chi connectivity index (χ1v) is 10.5. The zero-order chi connectivity index (χ0) is 22.0. The molecule has 0 bridgehead atoms. The summed E-state index contributed by atoms with van der Waals surface area (Å²) in [6, 6.07) is 10.1. The summed E-state index contributed by atoms with van der Waals surface area (Å²) >= 11 is 1.37. The van der Waals surface area contributed by atoms with Crippen LogP contribution >= 0.6 is 11.3 Å². The van der Waals surface area contributed by atoms with Crippen LogP contribution in [0.5, 0.6) is 5.75 Å². The van der Waals surface area contributed by atoms with Gasteiger partial charge in [0.1, 0.15) is 11.6 Å². The summed E-state index contributed by atoms with van der Waals surface area (Å²) in [7, 11) is 0. The molecule has 4 rings (SSSR count). The van der Waals surface area contributed by atoms with Crippen LogP contribution in [0.1, 0.15) is 18.4 Å². The predicted octanol–water partition coefficient (Wildman–Crippen LogP) is 4.87. The van der Waals surface area contributed by atoms with E-state index in [1.165, 1.54) is 41.7 Å². The third-order valence-corrected chi connectivity index (χ3v) is 6.13. The van der Waals surface area contributed by atoms with Gasteiger partial charge in [-0.2, -0.15) is 0 Å². The molecule has 1 unspecified atom stereocenters. The number of fused-ring (bicyclic) bond motifs is 1. The van der Waals surface area contributed by atoms with Crippen molar-refractivity contribution in [2.24, 2.45) is 5.92 Å². The predicted molar refractivity (Wildman–Crippen MR) is 109 cm³/mol. The van der Waals surface area contributed by atoms with Crippen LogP contribution in [0.3, 0.4) is 0 Å². The standard InChI is InChI=1S/C21H19F4N3O2S/c22-15-7-8-16-18(10-15)31-20(27-16)28-9-3-5-14(12-28)19(29)26-11-13-4-1-2-6-17(13)30-21(23,24)25/h1-2,4,6-8,10,14H,3,5,9,11-12H2,(H,26,29). The van der Waals surface area contributed by atoms with Crippen molar-refractivity contribution in [1.29, 1.82) is 0 Å². The summed E-state index contributed by atoms with van der Waals surface area (Å²) in [5.41, 5.74) is 0.947. The third-order valence-electron chi connectivity index (χ3n) is 5.05. The molecule has 1 fully saturated rings. The van der Waals surface area contributed by atoms with Gasteiger partial charge in [0, 0.05) is 25.2 Å². The number of thiazole rings is 1. The smallest absolute Gasteiger partial charge is 0.405 e. The number of aromatic nitrogens is 1. The Morgan fingerprint density at radius 3 is 2.87 bits per heavy atom. The van der Waals surface area contributed by atoms with Gasteiger partial charge in [0.05, 0.1) is 16.1 Å². The van der Waals surface area contributed by atoms with Gasteiger partial charge in [-0.3, -0.25) is 4.79 Å². The van der Waals surface area contributed by atoms with Crippen molar-refractivity contribution in [3.63, 3.8) is 0 Å². The number of halogens is 4. The van der Waals surface area contributed by atoms with Gasteiger partial charge in [0.15, 0.2) is 5.13 Å². The van der Waals surface area contributed by atoms with E-state index in [-0.39, 0.29) is 35.5 Å². The van der Waals surface area contributed by atoms with E-state index in [9.17, 15) is 22.4 Å². The summed E-state index contributed by atoms with van der Waals surface area (Å²) in [5, 5.41) is 3.45. The average Bonchev–Trinajstić information content (AvgIpc) is 3.15. The first-order chi connectivity index (χ1) is 14.8. The molecular formula is C21H19F4N3O2S. The summed E-state index contributed by atoms with van der Waals surface area (Å²) in [6.07, 6.45) is -3.36. The Bertz CT molecular complexity index is 1090. The SMILES string of the molecule is O=C(NCc1ccccc1OC(F)(F)F)C1CCCN(c2nc3ccc(F)cc3s2)C1. The maximum Gasteiger partial charge on any atom is 0.573 e. The average molecular weight is 453 g/mol. The molecule has 3 aromatic rings. The minimum absolute atomic E-state index is 0.0675. The Hall–Kier alpha value is -2.88. The van der Waals surface area contributed by atoms with Crippen LogP contribution in [-0.4, -0.2) is 30.3 Å². The molecule has 1 N–H and O–H groups in total. The number of carbonyl (C=O) groups excluding carboxylic acids is 1. The van der Waals surface area contributed by atoms with Crippen molar-refractivity contribution >= 4 is 32.6 Å². The summed E-state index contributed by atoms with van der Waals surface area (Å²) in [4.78, 5) is 19.2. The van der Waals surface area contributed by atoms with Gasteiger partial charge in [-0.1, -0.05) is 29.5 Å². The van der Waals surface area contributed by atoms with Gasteiger partial charge >= 0.3 is 6.36 Å². The number of hydrogen-bond acceptors (Lipinski definition) is 5. The lowest BCUT2D eigenvalue weighted by molar-refractivity contribution is -0.274. The van der Waals surface area contributed by atoms with Crippen molar-refractivity contribution in [3.05, 3.63) is 53.8 Å². The van der Waals surface area contributed by atoms with Gasteiger partial charge in [0.2, 0.25) is 5.91 Å². The molecule has 0 radical (unpaired) electrons. The first-order valence-electron chi connectivity index (χ1n) is 9.71. The zero-order valence-corrected chi connectivity index (χ0v) is 17.1. The molecule has 2 heterocycles. The number of ether oxygens (including phenoxy) is 1. The number of alkyl halides is 3. The normalized spacial score (nSPS) is 17.0. The highest BCUT2D eigenvalue weighted by Gasteiger charge is 2.32. The molecule has 0 saturated carbocycles. The van der Waals surface area contributed by atoms with Crippen molar-refractivity contribution in [2.45, 2.75) is 25.7 Å². The lowest BCUT2D eigenvalue weighted by atomic mass is 9.97. The fourth-order valence-corrected chi connectivity index (χ4v) is 4.61. The lowest BCUT2D eigenvalue weighted by Gasteiger charge is -2.31. The van der Waals surface area contributed by atoms with E-state index in [1.54, 1.807) is 12.1 Å². The molecule has 31 heavy (non-hydrogen) atoms. The first kappa shape index (κ1) is 21.4. The molecule has 0 spiro atoms. The number of anilines is 1. The molecule has 10 heteroatoms. The van der Waals surface area contributed by atoms with Crippen molar-refractivity contribution in [3.8, 4) is 5.75 Å². The van der Waals surface area contributed by atoms with Crippen LogP contribution in [0, 0.1) is 11.7 Å². The quantitative estimate of drug-likeness (QED) is 0.561. The molecule has 1 aromatic heterocycles. The van der Waals surface area contributed by atoms with Crippen LogP contribution in [0.15, 0.2) is 42.5 Å². The Kier molecular flexibility index (Phi) is 5.99. The van der Waals surface area contributed by atoms with Crippen molar-refractivity contribution in [2.75, 3.05) is 18.0 Å². The number of piperidine rings is 1. The van der Waals surface area contributed by atoms with Gasteiger partial charge < -0.3 is 15.0 Å². The fourth-order valence-electron chi connectivity index (χ4n) is 3.59. The number of nitrogens with one attached hydrogen (secondary N) is 1. The minimum atomic E-state index is -4.80. The van der Waals surface area contributed by atoms with Crippen LogP contribution in [0.4, 0.5) is 22.7 Å². The Balaban J connectivity index is 1.40. The highest BCUT2D eigenvalue weighted by molar-refractivity contribution is 7.22. The van der Waals surface area contributed by atoms with Crippen LogP contribution < -0.4 is 15.0 Å². The number of nitrogens with zero attached hydrogens (tertiary/aromatic N) is 2. The molecule has 1 aliphatic rings. The van der Waals surface area contributed by atoms with Crippen LogP contribution in [-0.2, 0) is 11.3 Å². The van der Waals surface area contributed by atoms with E-state index in [4.69, 9.17) is 0 Å². The molecule has 1 amide bonds. The minimum Gasteiger partial charge on any atom is -0.405 e. The number of para-hydroxylation sites is 1. The molecule has 1 aliphatic heterocycles. The van der Waals surface area contributed by atoms with E-state index in [1.807, 2.05) is 4.90 Å². The van der Waals surface area contributed by atoms with Gasteiger partial charge in [-0.25, -0.2) is 9.37 Å². The summed E-state index contributed by atoms with van der Waals surface area (Å²) < 4.78 is 55.9. The molecule has 2 aromatic carbocycles. The Morgan fingerprint density at radius 1 is 1.26 bits per heavy atom. The molecule has 0 aliphatic carbocycles. The number of benzene rings is 2. The van der Waals surface area contributed by atoms with E-state index in [0.717, 1.165) is 22.8 Å². The van der Waals surface area contributed by atoms with E-state index < -0.39 is 6.36 Å². The lowest BCUT2D eigenvalue weighted by Crippen LogP contribution is -2.43. The number of hydrogen-bond donors (Lipinski definition) is 1. The highest BCUT2D eigenvalue weighted by atomic mass is 32.1. The van der Waals surface area contributed by atoms with E-state index in [0.29, 0.717) is 18.5 Å². The Labute approximate surface area is 179 Å². The maximum atomic E-state index is 13.4. The molecule has 1 saturated heterocycles. The van der Waals surface area contributed by atoms with Crippen LogP contribution in [0.2, 0.25) is 0 Å². The second-order valence-electron chi connectivity index (χ2n) is 7.27. The second-order valence-corrected chi connectivity index (χ2v) is 8.28. The number of rotatable bonds is 5. The topological polar surface area (TPSA) is 54.5 Å². The van der Waals surface area contributed by atoms with Crippen LogP contribution in [0.25, 0.3) is 10.2 Å². The summed E-state index contributed by atoms with van der Waals surface area (Å²) in [6.45, 7) is 1.10.